The Morgan fingerprint density at radius 3 is 2.60 bits per heavy atom. The summed E-state index contributed by atoms with van der Waals surface area (Å²) in [5.41, 5.74) is 0.865. The average Bonchev–Trinajstić information content (AvgIpc) is 2.71. The summed E-state index contributed by atoms with van der Waals surface area (Å²) in [6.45, 7) is 0. The monoisotopic (exact) mass is 223 g/mol. The molecule has 1 N–H and O–H groups in total. The van der Waals surface area contributed by atoms with Crippen LogP contribution in [0.3, 0.4) is 0 Å². The van der Waals surface area contributed by atoms with E-state index in [2.05, 4.69) is 14.2 Å². The van der Waals surface area contributed by atoms with Crippen LogP contribution in [0.15, 0.2) is 36.7 Å². The molecule has 0 radical (unpaired) electrons. The predicted octanol–water partition coefficient (Wildman–Crippen LogP) is 1.25. The van der Waals surface area contributed by atoms with Crippen molar-refractivity contribution in [2.75, 3.05) is 0 Å². The molecule has 0 saturated carbocycles. The van der Waals surface area contributed by atoms with Crippen LogP contribution in [0.1, 0.15) is 0 Å². The summed E-state index contributed by atoms with van der Waals surface area (Å²) in [7, 11) is 0. The molecule has 78 valence electrons. The molecule has 2 aromatic rings. The molecule has 6 heteroatoms. The van der Waals surface area contributed by atoms with Gasteiger partial charge in [-0.25, -0.2) is 9.19 Å². The van der Waals surface area contributed by atoms with Crippen molar-refractivity contribution in [2.24, 2.45) is 0 Å². The molecule has 0 bridgehead atoms. The molecule has 0 fully saturated rings. The molecular formula is C9H7N2O3S-. The maximum absolute atomic E-state index is 10.2. The van der Waals surface area contributed by atoms with E-state index in [-0.39, 0.29) is 5.75 Å². The molecule has 2 rings (SSSR count). The predicted molar refractivity (Wildman–Crippen MR) is 53.6 cm³/mol. The van der Waals surface area contributed by atoms with Crippen LogP contribution in [-0.4, -0.2) is 18.7 Å². The summed E-state index contributed by atoms with van der Waals surface area (Å²) in [5.74, 6) is 1.00. The molecule has 1 aromatic carbocycles. The molecule has 1 heterocycles. The molecule has 0 aliphatic carbocycles. The largest absolute Gasteiger partial charge is 0.740 e. The van der Waals surface area contributed by atoms with Crippen molar-refractivity contribution in [1.82, 2.24) is 9.97 Å². The first-order chi connectivity index (χ1) is 7.25. The highest BCUT2D eigenvalue weighted by molar-refractivity contribution is 7.74. The second-order valence-corrected chi connectivity index (χ2v) is 3.32. The second-order valence-electron chi connectivity index (χ2n) is 2.75. The number of aromatic nitrogens is 2. The van der Waals surface area contributed by atoms with Gasteiger partial charge in [-0.3, -0.25) is 0 Å². The number of hydrogen-bond donors (Lipinski definition) is 1. The van der Waals surface area contributed by atoms with Crippen molar-refractivity contribution in [3.63, 3.8) is 0 Å². The van der Waals surface area contributed by atoms with Gasteiger partial charge in [0.05, 0.1) is 0 Å². The molecule has 1 atom stereocenters. The van der Waals surface area contributed by atoms with E-state index < -0.39 is 11.4 Å². The fourth-order valence-corrected chi connectivity index (χ4v) is 1.44. The maximum Gasteiger partial charge on any atom is 0.139 e. The Bertz CT molecular complexity index is 453. The minimum atomic E-state index is -2.53. The summed E-state index contributed by atoms with van der Waals surface area (Å²) >= 11 is -2.53. The number of hydrogen-bond acceptors (Lipinski definition) is 4. The van der Waals surface area contributed by atoms with Gasteiger partial charge < -0.3 is 13.7 Å². The van der Waals surface area contributed by atoms with Crippen LogP contribution < -0.4 is 4.18 Å². The molecule has 0 amide bonds. The molecule has 1 unspecified atom stereocenters. The number of H-pyrrole nitrogens is 1. The maximum atomic E-state index is 10.2. The number of benzene rings is 1. The van der Waals surface area contributed by atoms with Crippen LogP contribution in [0.25, 0.3) is 11.4 Å². The first kappa shape index (κ1) is 9.88. The third kappa shape index (κ3) is 2.42. The standard InChI is InChI=1S/C9H8N2O3S/c12-15(13)14-8-3-1-7(2-4-8)9-10-5-6-11-9/h1-6H,(H,10,11)(H,12,13)/p-1. The van der Waals surface area contributed by atoms with Gasteiger partial charge in [0.15, 0.2) is 0 Å². The molecule has 0 spiro atoms. The normalized spacial score (nSPS) is 12.3. The van der Waals surface area contributed by atoms with Gasteiger partial charge in [0.2, 0.25) is 0 Å². The fraction of sp³-hybridized carbons (Fsp3) is 0. The zero-order chi connectivity index (χ0) is 10.7. The molecule has 0 aliphatic heterocycles. The lowest BCUT2D eigenvalue weighted by atomic mass is 10.2. The minimum Gasteiger partial charge on any atom is -0.740 e. The third-order valence-electron chi connectivity index (χ3n) is 1.79. The lowest BCUT2D eigenvalue weighted by molar-refractivity contribution is 0.440. The Kier molecular flexibility index (Phi) is 2.79. The molecule has 0 saturated heterocycles. The SMILES string of the molecule is O=S([O-])Oc1ccc(-c2ncc[nH]2)cc1. The van der Waals surface area contributed by atoms with Crippen LogP contribution in [-0.2, 0) is 11.4 Å². The first-order valence-electron chi connectivity index (χ1n) is 4.13. The quantitative estimate of drug-likeness (QED) is 0.794. The average molecular weight is 223 g/mol. The van der Waals surface area contributed by atoms with Gasteiger partial charge in [-0.05, 0) is 24.3 Å². The van der Waals surface area contributed by atoms with E-state index >= 15 is 0 Å². The number of nitrogens with one attached hydrogen (secondary N) is 1. The van der Waals surface area contributed by atoms with Gasteiger partial charge in [0.25, 0.3) is 0 Å². The van der Waals surface area contributed by atoms with Crippen LogP contribution in [0.4, 0.5) is 0 Å². The highest BCUT2D eigenvalue weighted by atomic mass is 32.2. The fourth-order valence-electron chi connectivity index (χ4n) is 1.17. The van der Waals surface area contributed by atoms with Crippen LogP contribution in [0, 0.1) is 0 Å². The Labute approximate surface area is 88.6 Å². The lowest BCUT2D eigenvalue weighted by Gasteiger charge is -2.06. The van der Waals surface area contributed by atoms with Crippen molar-refractivity contribution in [2.45, 2.75) is 0 Å². The Hall–Kier alpha value is -1.66. The second kappa shape index (κ2) is 4.24. The van der Waals surface area contributed by atoms with Gasteiger partial charge in [-0.1, -0.05) is 0 Å². The summed E-state index contributed by atoms with van der Waals surface area (Å²) in [5, 5.41) is 0. The summed E-state index contributed by atoms with van der Waals surface area (Å²) < 4.78 is 25.0. The molecule has 1 aromatic heterocycles. The highest BCUT2D eigenvalue weighted by Gasteiger charge is 1.99. The minimum absolute atomic E-state index is 0.277. The van der Waals surface area contributed by atoms with Crippen molar-refractivity contribution >= 4 is 11.4 Å². The van der Waals surface area contributed by atoms with E-state index in [1.165, 1.54) is 0 Å². The number of nitrogens with zero attached hydrogens (tertiary/aromatic N) is 1. The molecule has 5 nitrogen and oxygen atoms in total. The van der Waals surface area contributed by atoms with Crippen molar-refractivity contribution < 1.29 is 12.9 Å². The highest BCUT2D eigenvalue weighted by Crippen LogP contribution is 2.19. The van der Waals surface area contributed by atoms with Crippen LogP contribution >= 0.6 is 0 Å². The van der Waals surface area contributed by atoms with Crippen molar-refractivity contribution in [3.05, 3.63) is 36.7 Å². The van der Waals surface area contributed by atoms with Gasteiger partial charge in [0.1, 0.15) is 22.9 Å². The lowest BCUT2D eigenvalue weighted by Crippen LogP contribution is -1.97. The first-order valence-corrected chi connectivity index (χ1v) is 5.13. The van der Waals surface area contributed by atoms with E-state index in [4.69, 9.17) is 0 Å². The van der Waals surface area contributed by atoms with E-state index in [9.17, 15) is 8.76 Å². The van der Waals surface area contributed by atoms with Gasteiger partial charge >= 0.3 is 0 Å². The van der Waals surface area contributed by atoms with Crippen LogP contribution in [0.2, 0.25) is 0 Å². The number of imidazole rings is 1. The zero-order valence-corrected chi connectivity index (χ0v) is 8.36. The van der Waals surface area contributed by atoms with E-state index in [0.717, 1.165) is 11.4 Å². The molecule has 15 heavy (non-hydrogen) atoms. The van der Waals surface area contributed by atoms with Gasteiger partial charge in [-0.15, -0.1) is 0 Å². The smallest absolute Gasteiger partial charge is 0.139 e. The zero-order valence-electron chi connectivity index (χ0n) is 7.54. The van der Waals surface area contributed by atoms with Gasteiger partial charge in [0, 0.05) is 18.0 Å². The topological polar surface area (TPSA) is 78.0 Å². The third-order valence-corrected chi connectivity index (χ3v) is 2.12. The number of aromatic amines is 1. The Balaban J connectivity index is 2.21. The van der Waals surface area contributed by atoms with Crippen molar-refractivity contribution in [3.8, 4) is 17.1 Å². The summed E-state index contributed by atoms with van der Waals surface area (Å²) in [4.78, 5) is 7.00. The number of rotatable bonds is 3. The molecule has 0 aliphatic rings. The Morgan fingerprint density at radius 1 is 1.33 bits per heavy atom. The van der Waals surface area contributed by atoms with Crippen LogP contribution in [0.5, 0.6) is 5.75 Å². The summed E-state index contributed by atoms with van der Waals surface area (Å²) in [6.07, 6.45) is 3.36. The molecular weight excluding hydrogens is 216 g/mol. The van der Waals surface area contributed by atoms with Gasteiger partial charge in [-0.2, -0.15) is 0 Å². The van der Waals surface area contributed by atoms with E-state index in [0.29, 0.717) is 0 Å². The van der Waals surface area contributed by atoms with E-state index in [1.807, 2.05) is 0 Å². The van der Waals surface area contributed by atoms with Crippen molar-refractivity contribution in [1.29, 1.82) is 0 Å². The van der Waals surface area contributed by atoms with E-state index in [1.54, 1.807) is 36.7 Å². The summed E-state index contributed by atoms with van der Waals surface area (Å²) in [6, 6.07) is 6.57. The Morgan fingerprint density at radius 2 is 2.07 bits per heavy atom.